The number of rotatable bonds is 8. The minimum Gasteiger partial charge on any atom is -0.688 e. The minimum atomic E-state index is -1.17. The number of carbonyl (C=O) groups is 4. The number of aliphatic hydroxyl groups excluding tert-OH is 2. The molecule has 0 bridgehead atoms. The Bertz CT molecular complexity index is 1200. The Labute approximate surface area is 378 Å². The van der Waals surface area contributed by atoms with Crippen molar-refractivity contribution < 1.29 is 90.8 Å². The van der Waals surface area contributed by atoms with Crippen LogP contribution in [0.25, 0.3) is 53.2 Å². The first-order valence-corrected chi connectivity index (χ1v) is 19.0. The first kappa shape index (κ1) is 57.2. The van der Waals surface area contributed by atoms with Crippen molar-refractivity contribution in [1.82, 2.24) is 16.0 Å². The van der Waals surface area contributed by atoms with Gasteiger partial charge in [-0.15, -0.1) is 19.6 Å². The monoisotopic (exact) mass is 977 g/mol. The smallest absolute Gasteiger partial charge is 0.688 e. The molecule has 5 saturated heterocycles. The van der Waals surface area contributed by atoms with Gasteiger partial charge in [-0.1, -0.05) is 56.7 Å². The van der Waals surface area contributed by atoms with Crippen molar-refractivity contribution >= 4 is 29.8 Å². The molecule has 8 atom stereocenters. The summed E-state index contributed by atoms with van der Waals surface area (Å²) in [6, 6.07) is -1.90. The maximum atomic E-state index is 12.2. The molecule has 4 amide bonds. The zero-order chi connectivity index (χ0) is 40.7. The van der Waals surface area contributed by atoms with Gasteiger partial charge in [-0.2, -0.15) is 6.20 Å². The van der Waals surface area contributed by atoms with Gasteiger partial charge in [0, 0.05) is 64.0 Å². The van der Waals surface area contributed by atoms with Gasteiger partial charge in [-0.3, -0.25) is 4.99 Å². The van der Waals surface area contributed by atoms with E-state index in [2.05, 4.69) is 74.1 Å². The fourth-order valence-corrected chi connectivity index (χ4v) is 5.75. The van der Waals surface area contributed by atoms with Crippen LogP contribution in [0.4, 0.5) is 0 Å². The van der Waals surface area contributed by atoms with Crippen LogP contribution in [0.3, 0.4) is 0 Å². The van der Waals surface area contributed by atoms with Crippen molar-refractivity contribution in [3.05, 3.63) is 65.6 Å². The summed E-state index contributed by atoms with van der Waals surface area (Å²) >= 11 is 0. The van der Waals surface area contributed by atoms with E-state index in [-0.39, 0.29) is 74.8 Å². The van der Waals surface area contributed by atoms with Crippen molar-refractivity contribution in [3.8, 4) is 0 Å². The maximum absolute atomic E-state index is 12.2. The van der Waals surface area contributed by atoms with E-state index >= 15 is 0 Å². The molecule has 22 nitrogen and oxygen atoms in total. The van der Waals surface area contributed by atoms with Crippen LogP contribution in [0, 0.1) is 0 Å². The van der Waals surface area contributed by atoms with Gasteiger partial charge in [-0.05, 0) is 65.4 Å². The summed E-state index contributed by atoms with van der Waals surface area (Å²) in [7, 11) is 0. The molecule has 0 saturated carbocycles. The standard InChI is InChI=1S/C15H26N7O2.C15H22N7O2.2C2H6O2.3Cu/c2*23-14(10-8-16-4-6-18-10)21-12-2-1-3-13(20-12)22-15(24)11-9-17-5-7-19-11;2*1-2(3)4;;;/h10-13,16-17H,1-9H2,(H2,21,22,23,24);4,6,8,10-13,17H,1-3,5,7,9H2,(H2,21,22,23,24);2*2-4H,1H3;;;/q2*-3;;;;;+2/p-4. The third-order valence-electron chi connectivity index (χ3n) is 8.30. The van der Waals surface area contributed by atoms with E-state index in [9.17, 15) is 19.2 Å². The summed E-state index contributed by atoms with van der Waals surface area (Å²) in [4.78, 5) is 52.4. The van der Waals surface area contributed by atoms with Crippen LogP contribution in [0.5, 0.6) is 0 Å². The van der Waals surface area contributed by atoms with Crippen LogP contribution in [0.15, 0.2) is 17.4 Å². The van der Waals surface area contributed by atoms with Crippen LogP contribution in [0.1, 0.15) is 52.4 Å². The number of nitrogens with one attached hydrogen (secondary N) is 3. The van der Waals surface area contributed by atoms with Crippen molar-refractivity contribution in [1.29, 1.82) is 0 Å². The number of carbonyl (C=O) groups excluding carboxylic acids is 4. The third kappa shape index (κ3) is 24.4. The van der Waals surface area contributed by atoms with E-state index < -0.39 is 61.4 Å². The molecule has 6 rings (SSSR count). The van der Waals surface area contributed by atoms with Crippen LogP contribution in [-0.2, 0) is 70.4 Å². The number of piperidine rings is 2. The van der Waals surface area contributed by atoms with Gasteiger partial charge >= 0.3 is 17.1 Å². The minimum absolute atomic E-state index is 0. The Morgan fingerprint density at radius 1 is 0.610 bits per heavy atom. The first-order valence-electron chi connectivity index (χ1n) is 19.0. The summed E-state index contributed by atoms with van der Waals surface area (Å²) in [5, 5.41) is 82.2. The average Bonchev–Trinajstić information content (AvgIpc) is 3.19. The normalized spacial score (nSPS) is 28.5. The van der Waals surface area contributed by atoms with Crippen LogP contribution >= 0.6 is 0 Å². The molecule has 351 valence electrons. The number of nitrogens with zero attached hydrogens (tertiary/aromatic N) is 11. The van der Waals surface area contributed by atoms with Crippen molar-refractivity contribution in [2.45, 2.75) is 114 Å². The van der Waals surface area contributed by atoms with Gasteiger partial charge in [0.2, 0.25) is 0 Å². The molecule has 59 heavy (non-hydrogen) atoms. The second-order valence-corrected chi connectivity index (χ2v) is 13.3. The Hall–Kier alpha value is -1.83. The molecule has 0 spiro atoms. The van der Waals surface area contributed by atoms with Crippen LogP contribution < -0.4 is 16.0 Å². The molecule has 6 aliphatic heterocycles. The average molecular weight is 980 g/mol. The molecule has 0 aromatic rings. The molecule has 0 aromatic heterocycles. The van der Waals surface area contributed by atoms with E-state index in [1.807, 2.05) is 0 Å². The van der Waals surface area contributed by atoms with Crippen LogP contribution in [-0.4, -0.2) is 171 Å². The molecule has 0 aromatic carbocycles. The molecule has 0 aliphatic carbocycles. The predicted octanol–water partition coefficient (Wildman–Crippen LogP) is 0.955. The summed E-state index contributed by atoms with van der Waals surface area (Å²) in [5.74, 6) is -1.07. The number of hydrogen-bond acceptors (Lipinski definition) is 12. The number of hydrogen-bond donors (Lipinski definition) is 7. The number of aliphatic hydroxyl groups is 4. The molecule has 3 radical (unpaired) electrons. The quantitative estimate of drug-likeness (QED) is 0.133. The summed E-state index contributed by atoms with van der Waals surface area (Å²) in [6.07, 6.45) is 4.89. The van der Waals surface area contributed by atoms with E-state index in [0.717, 1.165) is 45.3 Å². The van der Waals surface area contributed by atoms with Crippen molar-refractivity contribution in [3.63, 3.8) is 0 Å². The fraction of sp³-hybridized carbons (Fsp3) is 0.794. The summed E-state index contributed by atoms with van der Waals surface area (Å²) in [6.45, 7) is 8.47. The summed E-state index contributed by atoms with van der Waals surface area (Å²) in [5.41, 5.74) is 0. The van der Waals surface area contributed by atoms with Gasteiger partial charge in [0.15, 0.2) is 0 Å². The molecule has 5 fully saturated rings. The Morgan fingerprint density at radius 2 is 0.932 bits per heavy atom. The molecule has 25 heteroatoms. The Kier molecular flexibility index (Phi) is 31.8. The molecule has 6 aliphatic rings. The second-order valence-electron chi connectivity index (χ2n) is 13.3. The SMILES string of the molecule is CC(O)O.CC(O)O.O=C([N-]C1CCCC([N-]C(=O)C2CNCC[N-]2)[N-]1)C1C=NC=C[N-]1.O=C([N-]C1CCCC([N-]C(=O)C2CNCC[N-]2)[N-]1)C1CNCC[N-]1.[Cu+2].[Cu].[Cu]. The largest absolute Gasteiger partial charge is 2.00 e. The van der Waals surface area contributed by atoms with E-state index in [1.165, 1.54) is 32.5 Å². The van der Waals surface area contributed by atoms with Crippen molar-refractivity contribution in [2.75, 3.05) is 58.9 Å². The van der Waals surface area contributed by atoms with Crippen LogP contribution in [0.2, 0.25) is 0 Å². The second kappa shape index (κ2) is 32.8. The molecule has 7 N–H and O–H groups in total. The topological polar surface area (TPSA) is 339 Å². The first-order chi connectivity index (χ1) is 26.9. The third-order valence-corrected chi connectivity index (χ3v) is 8.30. The van der Waals surface area contributed by atoms with Gasteiger partial charge in [0.25, 0.3) is 0 Å². The van der Waals surface area contributed by atoms with Gasteiger partial charge in [0.1, 0.15) is 12.6 Å². The number of aliphatic imine (C=N–C) groups is 1. The maximum Gasteiger partial charge on any atom is 2.00 e. The van der Waals surface area contributed by atoms with E-state index in [0.29, 0.717) is 52.1 Å². The van der Waals surface area contributed by atoms with Gasteiger partial charge in [0.05, 0.1) is 0 Å². The zero-order valence-corrected chi connectivity index (χ0v) is 35.7. The number of piperazine rings is 3. The predicted molar refractivity (Wildman–Crippen MR) is 210 cm³/mol. The zero-order valence-electron chi connectivity index (χ0n) is 32.9. The molecule has 6 heterocycles. The fourth-order valence-electron chi connectivity index (χ4n) is 5.75. The number of amides is 4. The van der Waals surface area contributed by atoms with Gasteiger partial charge in [-0.25, -0.2) is 24.7 Å². The van der Waals surface area contributed by atoms with E-state index in [1.54, 1.807) is 0 Å². The van der Waals surface area contributed by atoms with E-state index in [4.69, 9.17) is 20.4 Å². The molecule has 8 unspecified atom stereocenters. The molecular formula is C34H56Cu3N14O8-8. The molecular weight excluding hydrogens is 923 g/mol. The summed E-state index contributed by atoms with van der Waals surface area (Å²) < 4.78 is 0. The van der Waals surface area contributed by atoms with Crippen molar-refractivity contribution in [2.24, 2.45) is 4.99 Å². The Balaban J connectivity index is 0.000000925. The van der Waals surface area contributed by atoms with Gasteiger partial charge < -0.3 is 109 Å². The Morgan fingerprint density at radius 3 is 1.20 bits per heavy atom.